The summed E-state index contributed by atoms with van der Waals surface area (Å²) in [7, 11) is -3.67. The summed E-state index contributed by atoms with van der Waals surface area (Å²) in [5.74, 6) is -0.356. The normalized spacial score (nSPS) is 14.5. The number of nitrogens with zero attached hydrogens (tertiary/aromatic N) is 2. The molecule has 3 aromatic rings. The number of nitrogens with one attached hydrogen (secondary N) is 1. The van der Waals surface area contributed by atoms with E-state index in [-0.39, 0.29) is 24.8 Å². The molecule has 7 nitrogen and oxygen atoms in total. The fraction of sp³-hybridized carbons (Fsp3) is 0.379. The van der Waals surface area contributed by atoms with Gasteiger partial charge in [-0.2, -0.15) is 0 Å². The number of aryl methyl sites for hydroxylation is 1. The van der Waals surface area contributed by atoms with Crippen molar-refractivity contribution in [3.63, 3.8) is 0 Å². The quantitative estimate of drug-likeness (QED) is 0.368. The van der Waals surface area contributed by atoms with Gasteiger partial charge in [0.1, 0.15) is 6.04 Å². The summed E-state index contributed by atoms with van der Waals surface area (Å²) in [6.07, 6.45) is 2.33. The average Bonchev–Trinajstić information content (AvgIpc) is 3.10. The monoisotopic (exact) mass is 521 g/mol. The van der Waals surface area contributed by atoms with Crippen LogP contribution in [-0.4, -0.2) is 44.3 Å². The topological polar surface area (TPSA) is 86.8 Å². The molecule has 0 saturated heterocycles. The number of sulfonamides is 1. The third kappa shape index (κ3) is 5.64. The number of amides is 2. The maximum atomic E-state index is 13.4. The molecule has 0 saturated carbocycles. The largest absolute Gasteiger partial charge is 0.354 e. The zero-order valence-electron chi connectivity index (χ0n) is 21.7. The van der Waals surface area contributed by atoms with Crippen molar-refractivity contribution in [1.82, 2.24) is 10.2 Å². The fourth-order valence-electron chi connectivity index (χ4n) is 4.84. The second kappa shape index (κ2) is 11.3. The summed E-state index contributed by atoms with van der Waals surface area (Å²) in [6, 6.07) is 18.1. The molecular formula is C29H35N3O4S. The van der Waals surface area contributed by atoms with Crippen LogP contribution < -0.4 is 9.62 Å². The first-order valence-corrected chi connectivity index (χ1v) is 14.3. The number of hydrogen-bond donors (Lipinski definition) is 1. The second-order valence-corrected chi connectivity index (χ2v) is 11.5. The number of unbranched alkanes of at least 4 members (excludes halogenated alkanes) is 1. The standard InChI is InChI=1S/C29H35N3O4S/c1-4-5-17-30-29(34)22(3)31(20-23-11-6-10-21(2)19-23)27(33)16-9-18-32-25-14-7-12-24-13-8-15-26(28(24)25)37(32,35)36/h6-8,10-15,19,22H,4-5,9,16-18,20H2,1-3H3,(H,30,34)/t22-/m0/s1. The van der Waals surface area contributed by atoms with Crippen LogP contribution in [0, 0.1) is 6.92 Å². The maximum Gasteiger partial charge on any atom is 0.265 e. The van der Waals surface area contributed by atoms with Gasteiger partial charge in [-0.15, -0.1) is 0 Å². The molecule has 1 aliphatic heterocycles. The van der Waals surface area contributed by atoms with Crippen molar-refractivity contribution in [3.05, 3.63) is 71.8 Å². The molecule has 0 unspecified atom stereocenters. The lowest BCUT2D eigenvalue weighted by Gasteiger charge is -2.29. The van der Waals surface area contributed by atoms with Crippen molar-refractivity contribution in [2.75, 3.05) is 17.4 Å². The van der Waals surface area contributed by atoms with Gasteiger partial charge in [0.2, 0.25) is 11.8 Å². The van der Waals surface area contributed by atoms with Crippen molar-refractivity contribution in [2.45, 2.75) is 63.9 Å². The molecule has 1 N–H and O–H groups in total. The second-order valence-electron chi connectivity index (χ2n) is 9.64. The summed E-state index contributed by atoms with van der Waals surface area (Å²) in [5, 5.41) is 4.54. The van der Waals surface area contributed by atoms with Crippen LogP contribution in [0.25, 0.3) is 10.8 Å². The molecule has 0 aromatic heterocycles. The molecule has 0 fully saturated rings. The van der Waals surface area contributed by atoms with E-state index in [0.29, 0.717) is 30.1 Å². The molecule has 196 valence electrons. The SMILES string of the molecule is CCCCNC(=O)[C@H](C)N(Cc1cccc(C)c1)C(=O)CCCN1c2cccc3cccc(c23)S1(=O)=O. The third-order valence-electron chi connectivity index (χ3n) is 6.87. The molecule has 8 heteroatoms. The Balaban J connectivity index is 1.48. The lowest BCUT2D eigenvalue weighted by atomic mass is 10.1. The first-order valence-electron chi connectivity index (χ1n) is 12.9. The molecule has 4 rings (SSSR count). The van der Waals surface area contributed by atoms with Crippen LogP contribution in [0.4, 0.5) is 5.69 Å². The van der Waals surface area contributed by atoms with Gasteiger partial charge in [0.05, 0.1) is 10.6 Å². The van der Waals surface area contributed by atoms with Gasteiger partial charge in [0, 0.05) is 31.4 Å². The summed E-state index contributed by atoms with van der Waals surface area (Å²) in [6.45, 7) is 6.88. The van der Waals surface area contributed by atoms with E-state index in [0.717, 1.165) is 34.7 Å². The minimum absolute atomic E-state index is 0.136. The summed E-state index contributed by atoms with van der Waals surface area (Å²) < 4.78 is 27.9. The lowest BCUT2D eigenvalue weighted by molar-refractivity contribution is -0.140. The molecule has 0 spiro atoms. The zero-order valence-corrected chi connectivity index (χ0v) is 22.6. The van der Waals surface area contributed by atoms with Gasteiger partial charge in [0.25, 0.3) is 10.0 Å². The van der Waals surface area contributed by atoms with Gasteiger partial charge in [-0.05, 0) is 49.8 Å². The summed E-state index contributed by atoms with van der Waals surface area (Å²) >= 11 is 0. The number of hydrogen-bond acceptors (Lipinski definition) is 4. The van der Waals surface area contributed by atoms with E-state index in [9.17, 15) is 18.0 Å². The van der Waals surface area contributed by atoms with Crippen molar-refractivity contribution >= 4 is 38.3 Å². The van der Waals surface area contributed by atoms with E-state index in [4.69, 9.17) is 0 Å². The van der Waals surface area contributed by atoms with Crippen LogP contribution >= 0.6 is 0 Å². The minimum atomic E-state index is -3.67. The third-order valence-corrected chi connectivity index (χ3v) is 8.72. The van der Waals surface area contributed by atoms with E-state index in [1.165, 1.54) is 4.31 Å². The highest BCUT2D eigenvalue weighted by atomic mass is 32.2. The molecule has 1 heterocycles. The number of carbonyl (C=O) groups is 2. The highest BCUT2D eigenvalue weighted by Crippen LogP contribution is 2.42. The van der Waals surface area contributed by atoms with Gasteiger partial charge >= 0.3 is 0 Å². The fourth-order valence-corrected chi connectivity index (χ4v) is 6.59. The Morgan fingerprint density at radius 3 is 2.49 bits per heavy atom. The molecule has 1 atom stereocenters. The maximum absolute atomic E-state index is 13.4. The van der Waals surface area contributed by atoms with Crippen LogP contribution in [0.2, 0.25) is 0 Å². The Labute approximate surface area is 219 Å². The van der Waals surface area contributed by atoms with Crippen LogP contribution in [0.5, 0.6) is 0 Å². The van der Waals surface area contributed by atoms with Gasteiger partial charge in [-0.3, -0.25) is 13.9 Å². The lowest BCUT2D eigenvalue weighted by Crippen LogP contribution is -2.47. The number of anilines is 1. The highest BCUT2D eigenvalue weighted by molar-refractivity contribution is 7.93. The van der Waals surface area contributed by atoms with Gasteiger partial charge in [0.15, 0.2) is 0 Å². The molecule has 0 aliphatic carbocycles. The van der Waals surface area contributed by atoms with Crippen molar-refractivity contribution in [3.8, 4) is 0 Å². The molecule has 1 aliphatic rings. The smallest absolute Gasteiger partial charge is 0.265 e. The van der Waals surface area contributed by atoms with E-state index in [1.807, 2.05) is 55.5 Å². The van der Waals surface area contributed by atoms with Gasteiger partial charge in [-0.25, -0.2) is 8.42 Å². The number of rotatable bonds is 11. The molecule has 2 amide bonds. The van der Waals surface area contributed by atoms with E-state index < -0.39 is 16.1 Å². The van der Waals surface area contributed by atoms with Gasteiger partial charge < -0.3 is 10.2 Å². The summed E-state index contributed by atoms with van der Waals surface area (Å²) in [5.41, 5.74) is 2.68. The van der Waals surface area contributed by atoms with E-state index in [1.54, 1.807) is 24.0 Å². The Morgan fingerprint density at radius 1 is 1.03 bits per heavy atom. The first kappa shape index (κ1) is 26.7. The zero-order chi connectivity index (χ0) is 26.6. The number of benzene rings is 3. The Hall–Kier alpha value is -3.39. The molecular weight excluding hydrogens is 486 g/mol. The Bertz CT molecular complexity index is 1400. The molecule has 3 aromatic carbocycles. The highest BCUT2D eigenvalue weighted by Gasteiger charge is 2.35. The van der Waals surface area contributed by atoms with Crippen molar-refractivity contribution in [2.24, 2.45) is 0 Å². The van der Waals surface area contributed by atoms with Gasteiger partial charge in [-0.1, -0.05) is 67.4 Å². The van der Waals surface area contributed by atoms with E-state index >= 15 is 0 Å². The Kier molecular flexibility index (Phi) is 8.17. The molecule has 0 bridgehead atoms. The van der Waals surface area contributed by atoms with Crippen molar-refractivity contribution < 1.29 is 18.0 Å². The molecule has 37 heavy (non-hydrogen) atoms. The van der Waals surface area contributed by atoms with E-state index in [2.05, 4.69) is 12.2 Å². The average molecular weight is 522 g/mol. The Morgan fingerprint density at radius 2 is 1.76 bits per heavy atom. The number of carbonyl (C=O) groups excluding carboxylic acids is 2. The van der Waals surface area contributed by atoms with Crippen LogP contribution in [0.3, 0.4) is 0 Å². The van der Waals surface area contributed by atoms with Crippen molar-refractivity contribution in [1.29, 1.82) is 0 Å². The first-order chi connectivity index (χ1) is 17.7. The van der Waals surface area contributed by atoms with Crippen LogP contribution in [0.15, 0.2) is 65.6 Å². The molecule has 0 radical (unpaired) electrons. The predicted molar refractivity (Wildman–Crippen MR) is 147 cm³/mol. The van der Waals surface area contributed by atoms with Crippen LogP contribution in [0.1, 0.15) is 50.7 Å². The predicted octanol–water partition coefficient (Wildman–Crippen LogP) is 4.77. The summed E-state index contributed by atoms with van der Waals surface area (Å²) in [4.78, 5) is 28.2. The minimum Gasteiger partial charge on any atom is -0.354 e. The van der Waals surface area contributed by atoms with Crippen LogP contribution in [-0.2, 0) is 26.2 Å².